The van der Waals surface area contributed by atoms with Gasteiger partial charge in [-0.25, -0.2) is 4.68 Å². The van der Waals surface area contributed by atoms with Gasteiger partial charge in [0.2, 0.25) is 0 Å². The normalized spacial score (nSPS) is 12.4. The van der Waals surface area contributed by atoms with Crippen molar-refractivity contribution in [3.8, 4) is 5.69 Å². The smallest absolute Gasteiger partial charge is 0.270 e. The summed E-state index contributed by atoms with van der Waals surface area (Å²) in [5, 5.41) is 12.2. The summed E-state index contributed by atoms with van der Waals surface area (Å²) < 4.78 is 3.70. The van der Waals surface area contributed by atoms with Crippen LogP contribution in [0, 0.1) is 13.8 Å². The molecule has 1 aromatic carbocycles. The first-order chi connectivity index (χ1) is 13.3. The summed E-state index contributed by atoms with van der Waals surface area (Å²) in [5.74, 6) is 0.170. The molecule has 1 N–H and O–H groups in total. The van der Waals surface area contributed by atoms with Crippen molar-refractivity contribution in [3.63, 3.8) is 0 Å². The van der Waals surface area contributed by atoms with E-state index in [1.807, 2.05) is 49.8 Å². The summed E-state index contributed by atoms with van der Waals surface area (Å²) >= 11 is 0. The Morgan fingerprint density at radius 1 is 1.18 bits per heavy atom. The van der Waals surface area contributed by atoms with Crippen LogP contribution in [0.1, 0.15) is 72.7 Å². The second-order valence-electron chi connectivity index (χ2n) is 7.50. The number of rotatable bonds is 6. The van der Waals surface area contributed by atoms with E-state index in [0.29, 0.717) is 12.2 Å². The fraction of sp³-hybridized carbons (Fsp3) is 0.409. The van der Waals surface area contributed by atoms with Gasteiger partial charge >= 0.3 is 0 Å². The van der Waals surface area contributed by atoms with Gasteiger partial charge in [-0.05, 0) is 51.3 Å². The number of aryl methyl sites for hydroxylation is 2. The summed E-state index contributed by atoms with van der Waals surface area (Å²) in [6.07, 6.45) is 1.84. The van der Waals surface area contributed by atoms with Gasteiger partial charge in [-0.3, -0.25) is 9.48 Å². The predicted molar refractivity (Wildman–Crippen MR) is 111 cm³/mol. The molecule has 6 nitrogen and oxygen atoms in total. The van der Waals surface area contributed by atoms with Crippen molar-refractivity contribution in [1.29, 1.82) is 0 Å². The number of nitrogens with one attached hydrogen (secondary N) is 1. The average Bonchev–Trinajstić information content (AvgIpc) is 3.26. The first-order valence-corrected chi connectivity index (χ1v) is 9.82. The van der Waals surface area contributed by atoms with Crippen molar-refractivity contribution in [2.75, 3.05) is 0 Å². The SMILES string of the molecule is CCn1nc(C(C)C)cc1C(=O)N[C@@H](C)c1cnn(-c2ccccc2C)c1C. The Bertz CT molecular complexity index is 983. The second kappa shape index (κ2) is 8.00. The lowest BCUT2D eigenvalue weighted by atomic mass is 10.1. The summed E-state index contributed by atoms with van der Waals surface area (Å²) in [5.41, 5.74) is 5.77. The Balaban J connectivity index is 1.83. The van der Waals surface area contributed by atoms with Gasteiger partial charge in [0.15, 0.2) is 0 Å². The zero-order valence-corrected chi connectivity index (χ0v) is 17.5. The molecular formula is C22H29N5O. The van der Waals surface area contributed by atoms with E-state index in [1.54, 1.807) is 4.68 Å². The topological polar surface area (TPSA) is 64.7 Å². The van der Waals surface area contributed by atoms with Crippen LogP contribution >= 0.6 is 0 Å². The van der Waals surface area contributed by atoms with E-state index in [1.165, 1.54) is 0 Å². The lowest BCUT2D eigenvalue weighted by Crippen LogP contribution is -2.29. The van der Waals surface area contributed by atoms with Crippen LogP contribution in [0.25, 0.3) is 5.69 Å². The van der Waals surface area contributed by atoms with Crippen LogP contribution < -0.4 is 5.32 Å². The van der Waals surface area contributed by atoms with Crippen LogP contribution in [0.3, 0.4) is 0 Å². The molecule has 2 aromatic heterocycles. The molecule has 28 heavy (non-hydrogen) atoms. The fourth-order valence-corrected chi connectivity index (χ4v) is 3.38. The molecule has 0 saturated carbocycles. The maximum absolute atomic E-state index is 12.9. The van der Waals surface area contributed by atoms with E-state index in [9.17, 15) is 4.79 Å². The van der Waals surface area contributed by atoms with Crippen LogP contribution in [-0.4, -0.2) is 25.5 Å². The molecule has 1 atom stereocenters. The largest absolute Gasteiger partial charge is 0.344 e. The van der Waals surface area contributed by atoms with Crippen LogP contribution in [0.5, 0.6) is 0 Å². The van der Waals surface area contributed by atoms with E-state index in [4.69, 9.17) is 0 Å². The van der Waals surface area contributed by atoms with Gasteiger partial charge in [0.05, 0.1) is 23.6 Å². The zero-order valence-electron chi connectivity index (χ0n) is 17.5. The average molecular weight is 380 g/mol. The van der Waals surface area contributed by atoms with Crippen molar-refractivity contribution in [2.24, 2.45) is 0 Å². The number of benzene rings is 1. The van der Waals surface area contributed by atoms with E-state index in [-0.39, 0.29) is 17.9 Å². The maximum atomic E-state index is 12.9. The molecule has 0 aliphatic carbocycles. The molecule has 6 heteroatoms. The van der Waals surface area contributed by atoms with Crippen molar-refractivity contribution in [1.82, 2.24) is 24.9 Å². The van der Waals surface area contributed by atoms with Crippen LogP contribution in [-0.2, 0) is 6.54 Å². The van der Waals surface area contributed by atoms with Crippen molar-refractivity contribution < 1.29 is 4.79 Å². The maximum Gasteiger partial charge on any atom is 0.270 e. The summed E-state index contributed by atoms with van der Waals surface area (Å²) in [6, 6.07) is 9.87. The van der Waals surface area contributed by atoms with Crippen LogP contribution in [0.2, 0.25) is 0 Å². The van der Waals surface area contributed by atoms with Crippen molar-refractivity contribution in [3.05, 3.63) is 64.7 Å². The number of hydrogen-bond donors (Lipinski definition) is 1. The van der Waals surface area contributed by atoms with Gasteiger partial charge in [0, 0.05) is 17.8 Å². The molecule has 0 unspecified atom stereocenters. The molecule has 0 fully saturated rings. The Morgan fingerprint density at radius 2 is 1.89 bits per heavy atom. The second-order valence-corrected chi connectivity index (χ2v) is 7.50. The predicted octanol–water partition coefficient (Wildman–Crippen LogP) is 4.32. The Hall–Kier alpha value is -2.89. The summed E-state index contributed by atoms with van der Waals surface area (Å²) in [6.45, 7) is 12.9. The fourth-order valence-electron chi connectivity index (χ4n) is 3.38. The molecule has 3 aromatic rings. The number of carbonyl (C=O) groups is 1. The lowest BCUT2D eigenvalue weighted by Gasteiger charge is -2.15. The van der Waals surface area contributed by atoms with Gasteiger partial charge in [-0.2, -0.15) is 10.2 Å². The van der Waals surface area contributed by atoms with E-state index >= 15 is 0 Å². The van der Waals surface area contributed by atoms with Gasteiger partial charge in [-0.1, -0.05) is 32.0 Å². The quantitative estimate of drug-likeness (QED) is 0.694. The number of nitrogens with zero attached hydrogens (tertiary/aromatic N) is 4. The number of hydrogen-bond acceptors (Lipinski definition) is 3. The summed E-state index contributed by atoms with van der Waals surface area (Å²) in [7, 11) is 0. The lowest BCUT2D eigenvalue weighted by molar-refractivity contribution is 0.0929. The van der Waals surface area contributed by atoms with E-state index < -0.39 is 0 Å². The minimum Gasteiger partial charge on any atom is -0.344 e. The highest BCUT2D eigenvalue weighted by Gasteiger charge is 2.21. The summed E-state index contributed by atoms with van der Waals surface area (Å²) in [4.78, 5) is 12.9. The van der Waals surface area contributed by atoms with Gasteiger partial charge in [0.1, 0.15) is 5.69 Å². The highest BCUT2D eigenvalue weighted by molar-refractivity contribution is 5.93. The molecule has 0 spiro atoms. The van der Waals surface area contributed by atoms with Gasteiger partial charge in [0.25, 0.3) is 5.91 Å². The third-order valence-electron chi connectivity index (χ3n) is 5.13. The minimum atomic E-state index is -0.159. The molecule has 2 heterocycles. The third kappa shape index (κ3) is 3.72. The monoisotopic (exact) mass is 379 g/mol. The molecule has 0 aliphatic rings. The Kier molecular flexibility index (Phi) is 5.68. The molecule has 148 valence electrons. The number of carbonyl (C=O) groups excluding carboxylic acids is 1. The Labute approximate surface area is 166 Å². The molecule has 0 bridgehead atoms. The van der Waals surface area contributed by atoms with Gasteiger partial charge in [-0.15, -0.1) is 0 Å². The first-order valence-electron chi connectivity index (χ1n) is 9.82. The number of amides is 1. The highest BCUT2D eigenvalue weighted by atomic mass is 16.2. The molecule has 0 saturated heterocycles. The van der Waals surface area contributed by atoms with E-state index in [0.717, 1.165) is 28.2 Å². The number of aromatic nitrogens is 4. The third-order valence-corrected chi connectivity index (χ3v) is 5.13. The molecule has 0 radical (unpaired) electrons. The standard InChI is InChI=1S/C22H29N5O/c1-7-26-21(12-19(25-26)14(2)3)22(28)24-16(5)18-13-23-27(17(18)6)20-11-9-8-10-15(20)4/h8-14,16H,7H2,1-6H3,(H,24,28)/t16-/m0/s1. The zero-order chi connectivity index (χ0) is 20.4. The Morgan fingerprint density at radius 3 is 2.54 bits per heavy atom. The minimum absolute atomic E-state index is 0.114. The number of para-hydroxylation sites is 1. The van der Waals surface area contributed by atoms with Crippen molar-refractivity contribution in [2.45, 2.75) is 60.0 Å². The van der Waals surface area contributed by atoms with Gasteiger partial charge < -0.3 is 5.32 Å². The van der Waals surface area contributed by atoms with Crippen LogP contribution in [0.4, 0.5) is 0 Å². The van der Waals surface area contributed by atoms with Crippen molar-refractivity contribution >= 4 is 5.91 Å². The molecule has 3 rings (SSSR count). The highest BCUT2D eigenvalue weighted by Crippen LogP contribution is 2.22. The van der Waals surface area contributed by atoms with Crippen LogP contribution in [0.15, 0.2) is 36.5 Å². The molecular weight excluding hydrogens is 350 g/mol. The van der Waals surface area contributed by atoms with E-state index in [2.05, 4.69) is 48.4 Å². The first kappa shape index (κ1) is 19.9. The molecule has 1 amide bonds. The molecule has 0 aliphatic heterocycles.